The van der Waals surface area contributed by atoms with E-state index in [1.165, 1.54) is 12.4 Å². The van der Waals surface area contributed by atoms with E-state index < -0.39 is 0 Å². The van der Waals surface area contributed by atoms with Gasteiger partial charge < -0.3 is 10.6 Å². The van der Waals surface area contributed by atoms with Crippen molar-refractivity contribution in [3.8, 4) is 0 Å². The number of anilines is 1. The van der Waals surface area contributed by atoms with E-state index in [0.717, 1.165) is 10.9 Å². The van der Waals surface area contributed by atoms with Crippen molar-refractivity contribution in [1.29, 1.82) is 0 Å². The van der Waals surface area contributed by atoms with Crippen molar-refractivity contribution >= 4 is 33.4 Å². The summed E-state index contributed by atoms with van der Waals surface area (Å²) >= 11 is 3.34. The van der Waals surface area contributed by atoms with Crippen molar-refractivity contribution < 1.29 is 9.59 Å². The fourth-order valence-electron chi connectivity index (χ4n) is 2.00. The Bertz CT molecular complexity index is 714. The molecule has 0 saturated heterocycles. The smallest absolute Gasteiger partial charge is 0.257 e. The van der Waals surface area contributed by atoms with Gasteiger partial charge in [-0.1, -0.05) is 29.8 Å². The summed E-state index contributed by atoms with van der Waals surface area (Å²) in [5, 5.41) is 5.61. The second-order valence-corrected chi connectivity index (χ2v) is 6.78. The summed E-state index contributed by atoms with van der Waals surface area (Å²) in [5.74, 6) is -0.00505. The Morgan fingerprint density at radius 2 is 1.71 bits per heavy atom. The summed E-state index contributed by atoms with van der Waals surface area (Å²) in [5.41, 5.74) is 1.40. The van der Waals surface area contributed by atoms with Crippen LogP contribution in [0, 0.1) is 5.92 Å². The average molecular weight is 390 g/mol. The Kier molecular flexibility index (Phi) is 6.49. The minimum absolute atomic E-state index is 0.221. The first-order valence-electron chi connectivity index (χ1n) is 7.76. The molecule has 126 valence electrons. The Morgan fingerprint density at radius 3 is 2.33 bits per heavy atom. The third kappa shape index (κ3) is 5.45. The lowest BCUT2D eigenvalue weighted by Gasteiger charge is -2.08. The van der Waals surface area contributed by atoms with Crippen molar-refractivity contribution in [1.82, 2.24) is 10.3 Å². The van der Waals surface area contributed by atoms with Crippen LogP contribution in [0.2, 0.25) is 0 Å². The topological polar surface area (TPSA) is 71.1 Å². The first-order valence-corrected chi connectivity index (χ1v) is 8.55. The molecule has 2 rings (SSSR count). The molecule has 2 amide bonds. The predicted molar refractivity (Wildman–Crippen MR) is 98.1 cm³/mol. The fraction of sp³-hybridized carbons (Fsp3) is 0.278. The molecule has 1 aromatic heterocycles. The normalized spacial score (nSPS) is 10.5. The maximum absolute atomic E-state index is 12.3. The van der Waals surface area contributed by atoms with Crippen LogP contribution in [0.15, 0.2) is 47.2 Å². The first kappa shape index (κ1) is 18.1. The number of halogens is 1. The number of nitrogens with one attached hydrogen (secondary N) is 2. The standard InChI is InChI=1S/C18H20BrN3O2/c1-12(2)7-8-21-17(23)13-9-14(11-20-10-13)18(24)22-16-5-3-15(19)4-6-16/h3-6,9-12H,7-8H2,1-2H3,(H,21,23)(H,22,24). The Balaban J connectivity index is 2.02. The number of carbonyl (C=O) groups excluding carboxylic acids is 2. The van der Waals surface area contributed by atoms with Gasteiger partial charge >= 0.3 is 0 Å². The molecule has 24 heavy (non-hydrogen) atoms. The minimum atomic E-state index is -0.304. The average Bonchev–Trinajstić information content (AvgIpc) is 2.56. The number of amides is 2. The SMILES string of the molecule is CC(C)CCNC(=O)c1cncc(C(=O)Nc2ccc(Br)cc2)c1. The van der Waals surface area contributed by atoms with E-state index in [-0.39, 0.29) is 11.8 Å². The van der Waals surface area contributed by atoms with E-state index in [9.17, 15) is 9.59 Å². The van der Waals surface area contributed by atoms with E-state index in [1.807, 2.05) is 12.1 Å². The molecular formula is C18H20BrN3O2. The Labute approximate surface area is 150 Å². The Morgan fingerprint density at radius 1 is 1.08 bits per heavy atom. The molecule has 0 spiro atoms. The van der Waals surface area contributed by atoms with Gasteiger partial charge in [-0.05, 0) is 42.7 Å². The molecule has 0 aliphatic heterocycles. The summed E-state index contributed by atoms with van der Waals surface area (Å²) in [7, 11) is 0. The van der Waals surface area contributed by atoms with Crippen molar-refractivity contribution in [3.05, 3.63) is 58.3 Å². The lowest BCUT2D eigenvalue weighted by Crippen LogP contribution is -2.26. The van der Waals surface area contributed by atoms with Gasteiger partial charge in [-0.15, -0.1) is 0 Å². The van der Waals surface area contributed by atoms with Crippen LogP contribution in [0.25, 0.3) is 0 Å². The molecule has 0 unspecified atom stereocenters. The molecule has 1 aromatic carbocycles. The third-order valence-electron chi connectivity index (χ3n) is 3.37. The molecule has 2 N–H and O–H groups in total. The Hall–Kier alpha value is -2.21. The number of rotatable bonds is 6. The van der Waals surface area contributed by atoms with Gasteiger partial charge in [0.2, 0.25) is 0 Å². The van der Waals surface area contributed by atoms with Gasteiger partial charge in [-0.3, -0.25) is 14.6 Å². The van der Waals surface area contributed by atoms with E-state index in [0.29, 0.717) is 29.3 Å². The highest BCUT2D eigenvalue weighted by molar-refractivity contribution is 9.10. The molecule has 0 fully saturated rings. The highest BCUT2D eigenvalue weighted by Gasteiger charge is 2.11. The predicted octanol–water partition coefficient (Wildman–Crippen LogP) is 3.87. The molecule has 0 atom stereocenters. The molecule has 1 heterocycles. The zero-order valence-corrected chi connectivity index (χ0v) is 15.3. The van der Waals surface area contributed by atoms with Gasteiger partial charge in [0.25, 0.3) is 11.8 Å². The molecule has 2 aromatic rings. The molecule has 0 aliphatic rings. The molecule has 5 nitrogen and oxygen atoms in total. The van der Waals surface area contributed by atoms with Crippen LogP contribution in [-0.4, -0.2) is 23.3 Å². The van der Waals surface area contributed by atoms with Crippen LogP contribution >= 0.6 is 15.9 Å². The zero-order chi connectivity index (χ0) is 17.5. The highest BCUT2D eigenvalue weighted by Crippen LogP contribution is 2.15. The van der Waals surface area contributed by atoms with Crippen LogP contribution in [0.3, 0.4) is 0 Å². The van der Waals surface area contributed by atoms with E-state index >= 15 is 0 Å². The van der Waals surface area contributed by atoms with Gasteiger partial charge in [0.1, 0.15) is 0 Å². The number of hydrogen-bond donors (Lipinski definition) is 2. The van der Waals surface area contributed by atoms with Gasteiger partial charge in [-0.2, -0.15) is 0 Å². The monoisotopic (exact) mass is 389 g/mol. The second kappa shape index (κ2) is 8.59. The summed E-state index contributed by atoms with van der Waals surface area (Å²) in [4.78, 5) is 28.4. The number of pyridine rings is 1. The first-order chi connectivity index (χ1) is 11.5. The van der Waals surface area contributed by atoms with Crippen LogP contribution in [0.4, 0.5) is 5.69 Å². The second-order valence-electron chi connectivity index (χ2n) is 5.86. The zero-order valence-electron chi connectivity index (χ0n) is 13.7. The molecule has 6 heteroatoms. The van der Waals surface area contributed by atoms with Crippen molar-refractivity contribution in [2.45, 2.75) is 20.3 Å². The van der Waals surface area contributed by atoms with E-state index in [4.69, 9.17) is 0 Å². The summed E-state index contributed by atoms with van der Waals surface area (Å²) in [6, 6.07) is 8.81. The number of carbonyl (C=O) groups is 2. The maximum atomic E-state index is 12.3. The van der Waals surface area contributed by atoms with Crippen LogP contribution in [0.1, 0.15) is 41.0 Å². The largest absolute Gasteiger partial charge is 0.352 e. The number of hydrogen-bond acceptors (Lipinski definition) is 3. The van der Waals surface area contributed by atoms with Gasteiger partial charge in [0.05, 0.1) is 11.1 Å². The van der Waals surface area contributed by atoms with Crippen LogP contribution < -0.4 is 10.6 Å². The van der Waals surface area contributed by atoms with Crippen molar-refractivity contribution in [3.63, 3.8) is 0 Å². The van der Waals surface area contributed by atoms with Crippen LogP contribution in [-0.2, 0) is 0 Å². The molecule has 0 saturated carbocycles. The van der Waals surface area contributed by atoms with Crippen molar-refractivity contribution in [2.24, 2.45) is 5.92 Å². The van der Waals surface area contributed by atoms with Gasteiger partial charge in [-0.25, -0.2) is 0 Å². The summed E-state index contributed by atoms with van der Waals surface area (Å²) in [6.45, 7) is 4.80. The fourth-order valence-corrected chi connectivity index (χ4v) is 2.27. The quantitative estimate of drug-likeness (QED) is 0.787. The van der Waals surface area contributed by atoms with Gasteiger partial charge in [0.15, 0.2) is 0 Å². The number of aromatic nitrogens is 1. The molecule has 0 radical (unpaired) electrons. The van der Waals surface area contributed by atoms with Gasteiger partial charge in [0, 0.05) is 29.1 Å². The number of benzene rings is 1. The summed E-state index contributed by atoms with van der Waals surface area (Å²) in [6.07, 6.45) is 3.81. The van der Waals surface area contributed by atoms with Crippen molar-refractivity contribution in [2.75, 3.05) is 11.9 Å². The molecule has 0 bridgehead atoms. The lowest BCUT2D eigenvalue weighted by molar-refractivity contribution is 0.0951. The third-order valence-corrected chi connectivity index (χ3v) is 3.90. The van der Waals surface area contributed by atoms with Crippen LogP contribution in [0.5, 0.6) is 0 Å². The molecule has 0 aliphatic carbocycles. The minimum Gasteiger partial charge on any atom is -0.352 e. The maximum Gasteiger partial charge on any atom is 0.257 e. The number of nitrogens with zero attached hydrogens (tertiary/aromatic N) is 1. The molecular weight excluding hydrogens is 370 g/mol. The highest BCUT2D eigenvalue weighted by atomic mass is 79.9. The lowest BCUT2D eigenvalue weighted by atomic mass is 10.1. The van der Waals surface area contributed by atoms with E-state index in [1.54, 1.807) is 18.2 Å². The van der Waals surface area contributed by atoms with E-state index in [2.05, 4.69) is 45.4 Å². The summed E-state index contributed by atoms with van der Waals surface area (Å²) < 4.78 is 0.933.